The molecular formula is C27H32N2O2. The van der Waals surface area contributed by atoms with E-state index in [-0.39, 0.29) is 5.41 Å². The molecule has 0 radical (unpaired) electrons. The zero-order valence-electron chi connectivity index (χ0n) is 18.6. The van der Waals surface area contributed by atoms with Crippen LogP contribution in [0, 0.1) is 12.8 Å². The smallest absolute Gasteiger partial charge is 0.119 e. The molecule has 3 aliphatic rings. The molecule has 31 heavy (non-hydrogen) atoms. The maximum atomic E-state index is 12.5. The number of nitrogens with zero attached hydrogens (tertiary/aromatic N) is 1. The quantitative estimate of drug-likeness (QED) is 0.664. The number of nitrogens with one attached hydrogen (secondary N) is 1. The van der Waals surface area contributed by atoms with Crippen LogP contribution < -0.4 is 4.74 Å². The largest absolute Gasteiger partial charge is 0.497 e. The molecule has 1 aromatic heterocycles. The van der Waals surface area contributed by atoms with Gasteiger partial charge in [-0.3, -0.25) is 0 Å². The number of ether oxygens (including phenoxy) is 1. The van der Waals surface area contributed by atoms with Crippen LogP contribution in [0.1, 0.15) is 41.6 Å². The van der Waals surface area contributed by atoms with Crippen molar-refractivity contribution >= 4 is 10.9 Å². The maximum Gasteiger partial charge on any atom is 0.119 e. The number of hydrogen-bond acceptors (Lipinski definition) is 3. The van der Waals surface area contributed by atoms with E-state index in [0.717, 1.165) is 44.1 Å². The fourth-order valence-corrected chi connectivity index (χ4v) is 6.42. The van der Waals surface area contributed by atoms with E-state index in [1.54, 1.807) is 7.11 Å². The minimum Gasteiger partial charge on any atom is -0.497 e. The first-order valence-electron chi connectivity index (χ1n) is 11.7. The van der Waals surface area contributed by atoms with Gasteiger partial charge in [0.1, 0.15) is 5.75 Å². The average Bonchev–Trinajstić information content (AvgIpc) is 3.51. The van der Waals surface area contributed by atoms with Crippen molar-refractivity contribution in [2.24, 2.45) is 5.92 Å². The number of likely N-dealkylation sites (tertiary alicyclic amines) is 1. The standard InChI is InChI=1S/C27H32N2O2/c1-18-5-3-8-23-25(18)22-14-27(30)17-29(16-19-9-10-19)12-11-26(27,15-24(22)28-23)20-6-4-7-21(13-20)31-2/h3-8,13,19,28,30H,9-12,14-17H2,1-2H3/t26-,27-/m0/s1. The predicted molar refractivity (Wildman–Crippen MR) is 124 cm³/mol. The molecule has 0 spiro atoms. The molecule has 0 unspecified atom stereocenters. The van der Waals surface area contributed by atoms with E-state index < -0.39 is 5.60 Å². The third-order valence-corrected chi connectivity index (χ3v) is 8.24. The Balaban J connectivity index is 1.50. The summed E-state index contributed by atoms with van der Waals surface area (Å²) in [6.45, 7) is 5.12. The summed E-state index contributed by atoms with van der Waals surface area (Å²) in [5.41, 5.74) is 5.22. The summed E-state index contributed by atoms with van der Waals surface area (Å²) >= 11 is 0. The summed E-state index contributed by atoms with van der Waals surface area (Å²) in [7, 11) is 1.72. The van der Waals surface area contributed by atoms with Crippen LogP contribution >= 0.6 is 0 Å². The highest BCUT2D eigenvalue weighted by Crippen LogP contribution is 2.52. The Kier molecular flexibility index (Phi) is 4.28. The normalized spacial score (nSPS) is 28.4. The molecule has 2 aromatic carbocycles. The number of aromatic nitrogens is 1. The molecule has 1 saturated carbocycles. The number of aliphatic hydroxyl groups is 1. The molecule has 0 amide bonds. The summed E-state index contributed by atoms with van der Waals surface area (Å²) < 4.78 is 5.57. The summed E-state index contributed by atoms with van der Waals surface area (Å²) in [6, 6.07) is 14.9. The molecule has 0 bridgehead atoms. The highest BCUT2D eigenvalue weighted by atomic mass is 16.5. The van der Waals surface area contributed by atoms with Gasteiger partial charge in [-0.2, -0.15) is 0 Å². The van der Waals surface area contributed by atoms with E-state index in [2.05, 4.69) is 53.2 Å². The minimum atomic E-state index is -0.795. The third kappa shape index (κ3) is 2.95. The molecule has 2 fully saturated rings. The molecule has 2 N–H and O–H groups in total. The van der Waals surface area contributed by atoms with Gasteiger partial charge in [0, 0.05) is 47.9 Å². The van der Waals surface area contributed by atoms with Gasteiger partial charge in [-0.1, -0.05) is 24.3 Å². The first-order chi connectivity index (χ1) is 15.0. The molecule has 1 aliphatic heterocycles. The Bertz CT molecular complexity index is 1150. The van der Waals surface area contributed by atoms with Crippen molar-refractivity contribution in [2.75, 3.05) is 26.7 Å². The van der Waals surface area contributed by atoms with Gasteiger partial charge in [-0.15, -0.1) is 0 Å². The number of piperidine rings is 1. The minimum absolute atomic E-state index is 0.302. The first kappa shape index (κ1) is 19.4. The van der Waals surface area contributed by atoms with Crippen LogP contribution in [0.4, 0.5) is 0 Å². The lowest BCUT2D eigenvalue weighted by Gasteiger charge is -2.56. The van der Waals surface area contributed by atoms with Gasteiger partial charge >= 0.3 is 0 Å². The van der Waals surface area contributed by atoms with Gasteiger partial charge in [0.05, 0.1) is 12.7 Å². The second kappa shape index (κ2) is 6.85. The van der Waals surface area contributed by atoms with Crippen molar-refractivity contribution < 1.29 is 9.84 Å². The third-order valence-electron chi connectivity index (χ3n) is 8.24. The molecule has 162 valence electrons. The van der Waals surface area contributed by atoms with Crippen LogP contribution in [0.2, 0.25) is 0 Å². The molecule has 1 saturated heterocycles. The van der Waals surface area contributed by atoms with Crippen LogP contribution in [0.25, 0.3) is 10.9 Å². The summed E-state index contributed by atoms with van der Waals surface area (Å²) in [5, 5.41) is 13.8. The first-order valence-corrected chi connectivity index (χ1v) is 11.7. The van der Waals surface area contributed by atoms with Crippen molar-refractivity contribution in [1.29, 1.82) is 0 Å². The fraction of sp³-hybridized carbons (Fsp3) is 0.481. The number of hydrogen-bond donors (Lipinski definition) is 2. The monoisotopic (exact) mass is 416 g/mol. The van der Waals surface area contributed by atoms with Crippen LogP contribution in [0.3, 0.4) is 0 Å². The lowest BCUT2D eigenvalue weighted by molar-refractivity contribution is -0.103. The van der Waals surface area contributed by atoms with Crippen LogP contribution in [0.5, 0.6) is 5.75 Å². The van der Waals surface area contributed by atoms with Crippen molar-refractivity contribution in [2.45, 2.75) is 50.0 Å². The molecule has 6 rings (SSSR count). The van der Waals surface area contributed by atoms with Gasteiger partial charge in [0.25, 0.3) is 0 Å². The van der Waals surface area contributed by atoms with Gasteiger partial charge in [-0.05, 0) is 73.5 Å². The second-order valence-electron chi connectivity index (χ2n) is 10.2. The number of fused-ring (bicyclic) bond motifs is 4. The Hall–Kier alpha value is -2.30. The Morgan fingerprint density at radius 2 is 2.00 bits per heavy atom. The van der Waals surface area contributed by atoms with Crippen LogP contribution in [0.15, 0.2) is 42.5 Å². The molecule has 4 nitrogen and oxygen atoms in total. The lowest BCUT2D eigenvalue weighted by atomic mass is 9.56. The number of methoxy groups -OCH3 is 1. The number of benzene rings is 2. The van der Waals surface area contributed by atoms with Crippen LogP contribution in [-0.2, 0) is 18.3 Å². The number of rotatable bonds is 4. The maximum absolute atomic E-state index is 12.5. The summed E-state index contributed by atoms with van der Waals surface area (Å²) in [4.78, 5) is 6.26. The topological polar surface area (TPSA) is 48.5 Å². The van der Waals surface area contributed by atoms with Crippen molar-refractivity contribution in [3.8, 4) is 5.75 Å². The summed E-state index contributed by atoms with van der Waals surface area (Å²) in [5.74, 6) is 1.70. The summed E-state index contributed by atoms with van der Waals surface area (Å²) in [6.07, 6.45) is 5.21. The molecule has 2 atom stereocenters. The van der Waals surface area contributed by atoms with Gasteiger partial charge in [0.2, 0.25) is 0 Å². The number of aromatic amines is 1. The van der Waals surface area contributed by atoms with E-state index in [1.165, 1.54) is 46.1 Å². The highest BCUT2D eigenvalue weighted by Gasteiger charge is 2.58. The number of β-amino-alcohol motifs (C(OH)–C–C–N with tert-alkyl or cyclic N) is 1. The second-order valence-corrected chi connectivity index (χ2v) is 10.2. The molecule has 3 aromatic rings. The zero-order chi connectivity index (χ0) is 21.2. The SMILES string of the molecule is COc1cccc([C@@]23CCN(CC4CC4)C[C@@]2(O)Cc2c([nH]c4cccc(C)c24)C3)c1. The zero-order valence-corrected chi connectivity index (χ0v) is 18.6. The Labute approximate surface area is 184 Å². The van der Waals surface area contributed by atoms with Gasteiger partial charge in [0.15, 0.2) is 0 Å². The lowest BCUT2D eigenvalue weighted by Crippen LogP contribution is -2.66. The molecule has 2 aliphatic carbocycles. The van der Waals surface area contributed by atoms with Gasteiger partial charge in [-0.25, -0.2) is 0 Å². The van der Waals surface area contributed by atoms with Crippen LogP contribution in [-0.4, -0.2) is 47.3 Å². The van der Waals surface area contributed by atoms with E-state index in [1.807, 2.05) is 6.07 Å². The number of aryl methyl sites for hydroxylation is 1. The average molecular weight is 417 g/mol. The number of H-pyrrole nitrogens is 1. The molecular weight excluding hydrogens is 384 g/mol. The molecule has 4 heteroatoms. The fourth-order valence-electron chi connectivity index (χ4n) is 6.42. The van der Waals surface area contributed by atoms with E-state index in [4.69, 9.17) is 4.74 Å². The van der Waals surface area contributed by atoms with E-state index >= 15 is 0 Å². The Morgan fingerprint density at radius 3 is 2.81 bits per heavy atom. The van der Waals surface area contributed by atoms with E-state index in [0.29, 0.717) is 6.42 Å². The Morgan fingerprint density at radius 1 is 1.16 bits per heavy atom. The molecule has 2 heterocycles. The predicted octanol–water partition coefficient (Wildman–Crippen LogP) is 4.37. The van der Waals surface area contributed by atoms with Crippen molar-refractivity contribution in [3.05, 3.63) is 64.8 Å². The van der Waals surface area contributed by atoms with Gasteiger partial charge < -0.3 is 19.7 Å². The van der Waals surface area contributed by atoms with Crippen molar-refractivity contribution in [3.63, 3.8) is 0 Å². The highest BCUT2D eigenvalue weighted by molar-refractivity contribution is 5.88. The van der Waals surface area contributed by atoms with E-state index in [9.17, 15) is 5.11 Å². The van der Waals surface area contributed by atoms with Crippen molar-refractivity contribution in [1.82, 2.24) is 9.88 Å².